The molecule has 0 aliphatic carbocycles. The highest BCUT2D eigenvalue weighted by Crippen LogP contribution is 2.20. The van der Waals surface area contributed by atoms with Crippen molar-refractivity contribution in [3.63, 3.8) is 0 Å². The van der Waals surface area contributed by atoms with E-state index in [9.17, 15) is 9.18 Å². The van der Waals surface area contributed by atoms with Crippen molar-refractivity contribution in [3.8, 4) is 0 Å². The standard InChI is InChI=1S/C19H27ClFN3O2.HI/c1-3-22-19(23-11-8-15-16(20)6-5-7-17(15)21)24-12-9-14(10-13-24)18(25)26-4-2;/h5-7,14H,3-4,8-13H2,1-2H3,(H,22,23);1H. The van der Waals surface area contributed by atoms with Gasteiger partial charge in [0, 0.05) is 36.8 Å². The molecule has 0 unspecified atom stereocenters. The Labute approximate surface area is 182 Å². The van der Waals surface area contributed by atoms with Crippen LogP contribution in [0.15, 0.2) is 23.2 Å². The van der Waals surface area contributed by atoms with Crippen molar-refractivity contribution in [2.24, 2.45) is 10.9 Å². The lowest BCUT2D eigenvalue weighted by molar-refractivity contribution is -0.149. The van der Waals surface area contributed by atoms with Gasteiger partial charge in [-0.1, -0.05) is 17.7 Å². The average molecular weight is 512 g/mol. The average Bonchev–Trinajstić information content (AvgIpc) is 2.63. The Bertz CT molecular complexity index is 617. The van der Waals surface area contributed by atoms with Crippen molar-refractivity contribution < 1.29 is 13.9 Å². The van der Waals surface area contributed by atoms with Gasteiger partial charge in [-0.25, -0.2) is 4.39 Å². The summed E-state index contributed by atoms with van der Waals surface area (Å²) in [4.78, 5) is 18.6. The molecule has 0 amide bonds. The largest absolute Gasteiger partial charge is 0.466 e. The molecule has 0 spiro atoms. The number of likely N-dealkylation sites (tertiary alicyclic amines) is 1. The van der Waals surface area contributed by atoms with E-state index in [1.807, 2.05) is 13.8 Å². The van der Waals surface area contributed by atoms with Crippen molar-refractivity contribution in [3.05, 3.63) is 34.6 Å². The molecule has 8 heteroatoms. The molecule has 0 saturated carbocycles. The first-order valence-corrected chi connectivity index (χ1v) is 9.57. The second-order valence-corrected chi connectivity index (χ2v) is 6.61. The number of hydrogen-bond acceptors (Lipinski definition) is 3. The Balaban J connectivity index is 0.00000364. The van der Waals surface area contributed by atoms with Crippen molar-refractivity contribution in [2.45, 2.75) is 33.1 Å². The SMILES string of the molecule is CCNC(=NCCc1c(F)cccc1Cl)N1CCC(C(=O)OCC)CC1.I. The second kappa shape index (κ2) is 12.4. The molecule has 1 aromatic rings. The molecule has 27 heavy (non-hydrogen) atoms. The van der Waals surface area contributed by atoms with Crippen molar-refractivity contribution in [1.29, 1.82) is 0 Å². The first-order valence-electron chi connectivity index (χ1n) is 9.19. The fourth-order valence-electron chi connectivity index (χ4n) is 3.06. The Morgan fingerprint density at radius 1 is 1.37 bits per heavy atom. The van der Waals surface area contributed by atoms with Crippen molar-refractivity contribution in [2.75, 3.05) is 32.8 Å². The van der Waals surface area contributed by atoms with Crippen LogP contribution in [0.4, 0.5) is 4.39 Å². The molecule has 0 aromatic heterocycles. The number of guanidine groups is 1. The monoisotopic (exact) mass is 511 g/mol. The normalized spacial score (nSPS) is 15.3. The molecule has 1 aliphatic rings. The molecular formula is C19H28ClFIN3O2. The molecule has 1 aromatic carbocycles. The van der Waals surface area contributed by atoms with Gasteiger partial charge in [0.25, 0.3) is 0 Å². The Kier molecular flexibility index (Phi) is 11.0. The Morgan fingerprint density at radius 2 is 2.07 bits per heavy atom. The highest BCUT2D eigenvalue weighted by molar-refractivity contribution is 14.0. The number of nitrogens with one attached hydrogen (secondary N) is 1. The molecule has 0 bridgehead atoms. The van der Waals surface area contributed by atoms with Crippen LogP contribution < -0.4 is 5.32 Å². The quantitative estimate of drug-likeness (QED) is 0.273. The first-order chi connectivity index (χ1) is 12.6. The molecule has 1 N–H and O–H groups in total. The maximum absolute atomic E-state index is 13.9. The van der Waals surface area contributed by atoms with E-state index in [0.29, 0.717) is 30.2 Å². The van der Waals surface area contributed by atoms with Gasteiger partial charge >= 0.3 is 5.97 Å². The van der Waals surface area contributed by atoms with Gasteiger partial charge in [-0.15, -0.1) is 24.0 Å². The lowest BCUT2D eigenvalue weighted by Crippen LogP contribution is -2.46. The van der Waals surface area contributed by atoms with Gasteiger partial charge in [-0.05, 0) is 45.2 Å². The lowest BCUT2D eigenvalue weighted by Gasteiger charge is -2.33. The van der Waals surface area contributed by atoms with E-state index in [-0.39, 0.29) is 41.7 Å². The van der Waals surface area contributed by atoms with Crippen LogP contribution in [0.5, 0.6) is 0 Å². The van der Waals surface area contributed by atoms with Crippen LogP contribution in [0, 0.1) is 11.7 Å². The lowest BCUT2D eigenvalue weighted by atomic mass is 9.97. The van der Waals surface area contributed by atoms with E-state index in [1.165, 1.54) is 6.07 Å². The minimum absolute atomic E-state index is 0. The van der Waals surface area contributed by atoms with Gasteiger partial charge in [0.1, 0.15) is 5.82 Å². The maximum Gasteiger partial charge on any atom is 0.309 e. The molecule has 0 radical (unpaired) electrons. The van der Waals surface area contributed by atoms with Crippen LogP contribution in [-0.4, -0.2) is 49.6 Å². The number of esters is 1. The summed E-state index contributed by atoms with van der Waals surface area (Å²) in [6.07, 6.45) is 1.95. The van der Waals surface area contributed by atoms with E-state index in [2.05, 4.69) is 15.2 Å². The number of nitrogens with zero attached hydrogens (tertiary/aromatic N) is 2. The van der Waals surface area contributed by atoms with Crippen LogP contribution in [0.1, 0.15) is 32.3 Å². The summed E-state index contributed by atoms with van der Waals surface area (Å²) >= 11 is 6.07. The molecule has 1 heterocycles. The Hall–Kier alpha value is -1.09. The number of ether oxygens (including phenoxy) is 1. The number of aliphatic imine (C=N–C) groups is 1. The Morgan fingerprint density at radius 3 is 2.67 bits per heavy atom. The van der Waals surface area contributed by atoms with Gasteiger partial charge < -0.3 is 15.0 Å². The third-order valence-electron chi connectivity index (χ3n) is 4.43. The number of hydrogen-bond donors (Lipinski definition) is 1. The van der Waals surface area contributed by atoms with Crippen molar-refractivity contribution >= 4 is 47.5 Å². The highest BCUT2D eigenvalue weighted by atomic mass is 127. The van der Waals surface area contributed by atoms with Crippen LogP contribution in [0.2, 0.25) is 5.02 Å². The fraction of sp³-hybridized carbons (Fsp3) is 0.579. The number of halogens is 3. The van der Waals surface area contributed by atoms with Gasteiger partial charge in [-0.3, -0.25) is 9.79 Å². The van der Waals surface area contributed by atoms with E-state index in [1.54, 1.807) is 12.1 Å². The summed E-state index contributed by atoms with van der Waals surface area (Å²) in [5.74, 6) is 0.352. The maximum atomic E-state index is 13.9. The van der Waals surface area contributed by atoms with Crippen LogP contribution >= 0.6 is 35.6 Å². The van der Waals surface area contributed by atoms with Crippen LogP contribution in [0.3, 0.4) is 0 Å². The zero-order valence-corrected chi connectivity index (χ0v) is 18.9. The third-order valence-corrected chi connectivity index (χ3v) is 4.79. The summed E-state index contributed by atoms with van der Waals surface area (Å²) in [6, 6.07) is 4.70. The molecule has 1 saturated heterocycles. The molecule has 5 nitrogen and oxygen atoms in total. The number of rotatable bonds is 6. The molecule has 0 atom stereocenters. The van der Waals surface area contributed by atoms with Crippen molar-refractivity contribution in [1.82, 2.24) is 10.2 Å². The molecular weight excluding hydrogens is 484 g/mol. The van der Waals surface area contributed by atoms with Gasteiger partial charge in [-0.2, -0.15) is 0 Å². The molecule has 1 aliphatic heterocycles. The summed E-state index contributed by atoms with van der Waals surface area (Å²) in [5, 5.41) is 3.70. The summed E-state index contributed by atoms with van der Waals surface area (Å²) in [5.41, 5.74) is 0.495. The first kappa shape index (κ1) is 23.9. The van der Waals surface area contributed by atoms with E-state index >= 15 is 0 Å². The predicted molar refractivity (Wildman–Crippen MR) is 117 cm³/mol. The number of carbonyl (C=O) groups excluding carboxylic acids is 1. The predicted octanol–water partition coefficient (Wildman–Crippen LogP) is 3.88. The molecule has 1 fully saturated rings. The highest BCUT2D eigenvalue weighted by Gasteiger charge is 2.27. The second-order valence-electron chi connectivity index (χ2n) is 6.20. The van der Waals surface area contributed by atoms with E-state index < -0.39 is 0 Å². The zero-order chi connectivity index (χ0) is 18.9. The van der Waals surface area contributed by atoms with Gasteiger partial charge in [0.15, 0.2) is 5.96 Å². The smallest absolute Gasteiger partial charge is 0.309 e. The summed E-state index contributed by atoms with van der Waals surface area (Å²) in [6.45, 7) is 6.94. The number of carbonyl (C=O) groups is 1. The molecule has 152 valence electrons. The van der Waals surface area contributed by atoms with Crippen LogP contribution in [0.25, 0.3) is 0 Å². The number of benzene rings is 1. The van der Waals surface area contributed by atoms with Gasteiger partial charge in [0.05, 0.1) is 12.5 Å². The molecule has 2 rings (SSSR count). The van der Waals surface area contributed by atoms with Crippen LogP contribution in [-0.2, 0) is 16.0 Å². The zero-order valence-electron chi connectivity index (χ0n) is 15.8. The van der Waals surface area contributed by atoms with Gasteiger partial charge in [0.2, 0.25) is 0 Å². The summed E-state index contributed by atoms with van der Waals surface area (Å²) in [7, 11) is 0. The third kappa shape index (κ3) is 7.10. The summed E-state index contributed by atoms with van der Waals surface area (Å²) < 4.78 is 19.0. The minimum atomic E-state index is -0.298. The van der Waals surface area contributed by atoms with E-state index in [0.717, 1.165) is 38.4 Å². The van der Waals surface area contributed by atoms with E-state index in [4.69, 9.17) is 16.3 Å². The fourth-order valence-corrected chi connectivity index (χ4v) is 3.32. The number of piperidine rings is 1. The minimum Gasteiger partial charge on any atom is -0.466 e. The topological polar surface area (TPSA) is 53.9 Å².